The minimum Gasteiger partial charge on any atom is -0.309 e. The number of nitrogens with zero attached hydrogens (tertiary/aromatic N) is 2. The molecule has 0 atom stereocenters. The smallest absolute Gasteiger partial charge is 0.139 e. The minimum absolute atomic E-state index is 1.15. The van der Waals surface area contributed by atoms with Gasteiger partial charge in [-0.15, -0.1) is 16.4 Å². The largest absolute Gasteiger partial charge is 0.309 e. The highest BCUT2D eigenvalue weighted by molar-refractivity contribution is 6.68. The molecule has 10 aromatic rings. The van der Waals surface area contributed by atoms with Crippen molar-refractivity contribution in [3.63, 3.8) is 0 Å². The van der Waals surface area contributed by atoms with Crippen molar-refractivity contribution in [2.24, 2.45) is 0 Å². The van der Waals surface area contributed by atoms with Crippen LogP contribution in [0.25, 0.3) is 88.4 Å². The minimum atomic E-state index is 1.15. The summed E-state index contributed by atoms with van der Waals surface area (Å²) in [4.78, 5) is 0. The Morgan fingerprint density at radius 3 is 1.33 bits per heavy atom. The van der Waals surface area contributed by atoms with Crippen molar-refractivity contribution in [3.8, 4) is 44.8 Å². The fourth-order valence-corrected chi connectivity index (χ4v) is 9.01. The van der Waals surface area contributed by atoms with Gasteiger partial charge in [-0.05, 0) is 81.9 Å². The first-order valence-corrected chi connectivity index (χ1v) is 19.3. The molecule has 0 fully saturated rings. The summed E-state index contributed by atoms with van der Waals surface area (Å²) < 4.78 is 4.90. The Labute approximate surface area is 326 Å². The maximum Gasteiger partial charge on any atom is 0.139 e. The molecule has 0 saturated carbocycles. The summed E-state index contributed by atoms with van der Waals surface area (Å²) in [5.41, 5.74) is 21.5. The summed E-state index contributed by atoms with van der Waals surface area (Å²) in [5, 5.41) is 5.04. The van der Waals surface area contributed by atoms with Crippen LogP contribution in [0.2, 0.25) is 0 Å². The Kier molecular flexibility index (Phi) is 7.82. The highest BCUT2D eigenvalue weighted by atomic mass is 15.0. The molecule has 10 rings (SSSR count). The van der Waals surface area contributed by atoms with Crippen molar-refractivity contribution >= 4 is 110 Å². The molecular weight excluding hydrogens is 659 g/mol. The van der Waals surface area contributed by atoms with Gasteiger partial charge in [-0.25, -0.2) is 0 Å². The second kappa shape index (κ2) is 12.9. The van der Waals surface area contributed by atoms with Crippen LogP contribution in [0.3, 0.4) is 0 Å². The summed E-state index contributed by atoms with van der Waals surface area (Å²) in [6.07, 6.45) is 0. The van der Waals surface area contributed by atoms with Gasteiger partial charge in [0.25, 0.3) is 0 Å². The van der Waals surface area contributed by atoms with E-state index >= 15 is 0 Å². The Bertz CT molecular complexity index is 3100. The lowest BCUT2D eigenvalue weighted by Gasteiger charge is -2.20. The van der Waals surface area contributed by atoms with Crippen molar-refractivity contribution in [3.05, 3.63) is 164 Å². The quantitative estimate of drug-likeness (QED) is 0.240. The predicted octanol–water partition coefficient (Wildman–Crippen LogP) is 4.17. The van der Waals surface area contributed by atoms with Gasteiger partial charge < -0.3 is 9.13 Å². The normalized spacial score (nSPS) is 11.6. The molecule has 0 amide bonds. The van der Waals surface area contributed by atoms with Crippen molar-refractivity contribution in [1.29, 1.82) is 0 Å². The summed E-state index contributed by atoms with van der Waals surface area (Å²) in [7, 11) is 11.3. The van der Waals surface area contributed by atoms with E-state index in [1.807, 2.05) is 0 Å². The van der Waals surface area contributed by atoms with Gasteiger partial charge >= 0.3 is 0 Å². The van der Waals surface area contributed by atoms with Crippen LogP contribution in [-0.2, 0) is 0 Å². The number of benzene rings is 8. The lowest BCUT2D eigenvalue weighted by Crippen LogP contribution is -2.55. The molecular formula is C48H37B5N2. The summed E-state index contributed by atoms with van der Waals surface area (Å²) in [6, 6.07) is 60.2. The molecule has 0 aliphatic heterocycles. The fraction of sp³-hybridized carbons (Fsp3) is 0. The first-order valence-electron chi connectivity index (χ1n) is 19.3. The second-order valence-corrected chi connectivity index (χ2v) is 15.1. The summed E-state index contributed by atoms with van der Waals surface area (Å²) in [5.74, 6) is 0. The number of aromatic nitrogens is 2. The molecule has 0 spiro atoms. The highest BCUT2D eigenvalue weighted by Gasteiger charge is 2.19. The van der Waals surface area contributed by atoms with Gasteiger partial charge in [0, 0.05) is 32.9 Å². The molecule has 0 radical (unpaired) electrons. The zero-order valence-corrected chi connectivity index (χ0v) is 32.0. The maximum absolute atomic E-state index is 2.45. The third kappa shape index (κ3) is 5.25. The SMILES string of the molecule is Bc1c(B)c(B)c(-c2ccc(-n3c4ccccc4c4cc5c6ccccc6n(-c6cccc(-c7ccc(-c8ccccc8)cc7)c6)c5cc43)cc2)c(B)c1B. The predicted molar refractivity (Wildman–Crippen MR) is 252 cm³/mol. The number of fused-ring (bicyclic) bond motifs is 6. The topological polar surface area (TPSA) is 9.86 Å². The molecule has 254 valence electrons. The van der Waals surface area contributed by atoms with Gasteiger partial charge in [0.05, 0.1) is 22.1 Å². The number of rotatable bonds is 5. The molecule has 8 aromatic carbocycles. The van der Waals surface area contributed by atoms with E-state index < -0.39 is 0 Å². The number of hydrogen-bond acceptors (Lipinski definition) is 0. The zero-order valence-electron chi connectivity index (χ0n) is 32.0. The number of hydrogen-bond donors (Lipinski definition) is 0. The van der Waals surface area contributed by atoms with E-state index in [4.69, 9.17) is 0 Å². The van der Waals surface area contributed by atoms with E-state index in [0.717, 1.165) is 11.4 Å². The molecule has 2 heterocycles. The Hall–Kier alpha value is -6.32. The van der Waals surface area contributed by atoms with Gasteiger partial charge in [0.2, 0.25) is 0 Å². The van der Waals surface area contributed by atoms with Crippen LogP contribution in [0.1, 0.15) is 0 Å². The number of para-hydroxylation sites is 2. The Balaban J connectivity index is 1.15. The summed E-state index contributed by atoms with van der Waals surface area (Å²) >= 11 is 0. The monoisotopic (exact) mass is 696 g/mol. The van der Waals surface area contributed by atoms with E-state index in [2.05, 4.69) is 212 Å². The van der Waals surface area contributed by atoms with Gasteiger partial charge in [0.1, 0.15) is 39.2 Å². The van der Waals surface area contributed by atoms with Crippen LogP contribution in [0.4, 0.5) is 0 Å². The van der Waals surface area contributed by atoms with Crippen molar-refractivity contribution in [2.45, 2.75) is 0 Å². The Morgan fingerprint density at radius 2 is 0.727 bits per heavy atom. The van der Waals surface area contributed by atoms with Gasteiger partial charge in [-0.1, -0.05) is 126 Å². The molecule has 55 heavy (non-hydrogen) atoms. The molecule has 0 N–H and O–H groups in total. The van der Waals surface area contributed by atoms with E-state index in [1.54, 1.807) is 0 Å². The standard InChI is InChI=1S/C48H37B5N2/c49-44-43(45(50)47(52)48(53)46(44)51)31-21-23-33(24-22-31)54-39-15-6-4-13-35(39)37-26-38-36-14-5-7-16-40(36)55(42(38)27-41(37)54)34-12-8-11-32(25-34)30-19-17-29(18-20-30)28-9-2-1-3-10-28/h1-27H,49-53H2. The third-order valence-electron chi connectivity index (χ3n) is 12.3. The molecule has 7 heteroatoms. The van der Waals surface area contributed by atoms with E-state index in [0.29, 0.717) is 0 Å². The molecule has 2 aromatic heterocycles. The lowest BCUT2D eigenvalue weighted by molar-refractivity contribution is 1.16. The third-order valence-corrected chi connectivity index (χ3v) is 12.3. The average molecular weight is 696 g/mol. The molecule has 0 unspecified atom stereocenters. The van der Waals surface area contributed by atoms with E-state index in [-0.39, 0.29) is 0 Å². The first kappa shape index (κ1) is 33.3. The molecule has 0 bridgehead atoms. The van der Waals surface area contributed by atoms with Crippen LogP contribution in [0.15, 0.2) is 164 Å². The second-order valence-electron chi connectivity index (χ2n) is 15.1. The van der Waals surface area contributed by atoms with E-state index in [1.165, 1.54) is 104 Å². The fourth-order valence-electron chi connectivity index (χ4n) is 9.01. The van der Waals surface area contributed by atoms with Gasteiger partial charge in [-0.3, -0.25) is 0 Å². The van der Waals surface area contributed by atoms with Gasteiger partial charge in [-0.2, -0.15) is 0 Å². The highest BCUT2D eigenvalue weighted by Crippen LogP contribution is 2.40. The molecule has 0 aliphatic carbocycles. The lowest BCUT2D eigenvalue weighted by atomic mass is 9.60. The molecule has 0 saturated heterocycles. The van der Waals surface area contributed by atoms with Crippen LogP contribution in [0.5, 0.6) is 0 Å². The van der Waals surface area contributed by atoms with E-state index in [9.17, 15) is 0 Å². The van der Waals surface area contributed by atoms with Crippen LogP contribution >= 0.6 is 0 Å². The molecule has 2 nitrogen and oxygen atoms in total. The zero-order chi connectivity index (χ0) is 37.4. The average Bonchev–Trinajstić information content (AvgIpc) is 3.74. The Morgan fingerprint density at radius 1 is 0.273 bits per heavy atom. The van der Waals surface area contributed by atoms with Crippen LogP contribution in [-0.4, -0.2) is 48.4 Å². The maximum atomic E-state index is 2.45. The molecule has 0 aliphatic rings. The van der Waals surface area contributed by atoms with Crippen LogP contribution in [0, 0.1) is 0 Å². The summed E-state index contributed by atoms with van der Waals surface area (Å²) in [6.45, 7) is 0. The first-order chi connectivity index (χ1) is 26.9. The van der Waals surface area contributed by atoms with Crippen molar-refractivity contribution in [1.82, 2.24) is 9.13 Å². The van der Waals surface area contributed by atoms with Crippen molar-refractivity contribution in [2.75, 3.05) is 0 Å². The van der Waals surface area contributed by atoms with Gasteiger partial charge in [0.15, 0.2) is 0 Å². The van der Waals surface area contributed by atoms with Crippen LogP contribution < -0.4 is 27.3 Å². The van der Waals surface area contributed by atoms with Crippen molar-refractivity contribution < 1.29 is 0 Å².